The zero-order chi connectivity index (χ0) is 10.6. The van der Waals surface area contributed by atoms with E-state index in [9.17, 15) is 0 Å². The third-order valence-corrected chi connectivity index (χ3v) is 2.12. The van der Waals surface area contributed by atoms with Gasteiger partial charge >= 0.3 is 0 Å². The third-order valence-electron chi connectivity index (χ3n) is 2.12. The lowest BCUT2D eigenvalue weighted by atomic mass is 9.88. The van der Waals surface area contributed by atoms with Crippen LogP contribution in [0.3, 0.4) is 0 Å². The molecule has 0 fully saturated rings. The molecule has 0 aromatic carbocycles. The molecule has 0 N–H and O–H groups in total. The summed E-state index contributed by atoms with van der Waals surface area (Å²) in [5, 5.41) is 0. The predicted molar refractivity (Wildman–Crippen MR) is 61.4 cm³/mol. The highest BCUT2D eigenvalue weighted by atomic mass is 14.7. The molecule has 0 aliphatic carbocycles. The van der Waals surface area contributed by atoms with Crippen molar-refractivity contribution in [3.63, 3.8) is 0 Å². The van der Waals surface area contributed by atoms with Crippen LogP contribution in [0.2, 0.25) is 0 Å². The molecular weight excluding hydrogens is 170 g/mol. The molecule has 1 nitrogen and oxygen atoms in total. The molecule has 0 atom stereocenters. The number of aromatic nitrogens is 1. The van der Waals surface area contributed by atoms with Crippen LogP contribution in [0.5, 0.6) is 0 Å². The van der Waals surface area contributed by atoms with Crippen molar-refractivity contribution in [2.24, 2.45) is 5.41 Å². The van der Waals surface area contributed by atoms with Crippen molar-refractivity contribution in [3.8, 4) is 0 Å². The van der Waals surface area contributed by atoms with E-state index in [0.29, 0.717) is 5.41 Å². The maximum Gasteiger partial charge on any atom is 0.0406 e. The van der Waals surface area contributed by atoms with Gasteiger partial charge in [0.2, 0.25) is 0 Å². The van der Waals surface area contributed by atoms with Crippen molar-refractivity contribution in [2.75, 3.05) is 0 Å². The summed E-state index contributed by atoms with van der Waals surface area (Å²) in [6.07, 6.45) is 5.34. The lowest BCUT2D eigenvalue weighted by Crippen LogP contribution is -2.09. The van der Waals surface area contributed by atoms with Crippen molar-refractivity contribution in [1.82, 2.24) is 4.98 Å². The second kappa shape index (κ2) is 4.59. The Hall–Kier alpha value is -0.850. The van der Waals surface area contributed by atoms with Crippen molar-refractivity contribution in [3.05, 3.63) is 29.6 Å². The Labute approximate surface area is 87.6 Å². The molecule has 1 aromatic heterocycles. The van der Waals surface area contributed by atoms with E-state index < -0.39 is 0 Å². The second-order valence-corrected chi connectivity index (χ2v) is 5.14. The molecular formula is C13H21N. The third kappa shape index (κ3) is 3.91. The van der Waals surface area contributed by atoms with E-state index >= 15 is 0 Å². The Balaban J connectivity index is 2.73. The molecule has 0 spiro atoms. The average molecular weight is 191 g/mol. The van der Waals surface area contributed by atoms with Crippen molar-refractivity contribution >= 4 is 0 Å². The van der Waals surface area contributed by atoms with Gasteiger partial charge in [-0.15, -0.1) is 0 Å². The fourth-order valence-corrected chi connectivity index (χ4v) is 1.64. The molecule has 78 valence electrons. The average Bonchev–Trinajstić information content (AvgIpc) is 2.02. The largest absolute Gasteiger partial charge is 0.261 e. The van der Waals surface area contributed by atoms with E-state index in [1.165, 1.54) is 17.7 Å². The Morgan fingerprint density at radius 3 is 2.57 bits per heavy atom. The number of nitrogens with zero attached hydrogens (tertiary/aromatic N) is 1. The van der Waals surface area contributed by atoms with Crippen molar-refractivity contribution < 1.29 is 0 Å². The molecule has 0 bridgehead atoms. The van der Waals surface area contributed by atoms with Crippen LogP contribution in [-0.2, 0) is 12.8 Å². The summed E-state index contributed by atoms with van der Waals surface area (Å²) in [7, 11) is 0. The minimum atomic E-state index is 0.366. The lowest BCUT2D eigenvalue weighted by molar-refractivity contribution is 0.411. The van der Waals surface area contributed by atoms with Crippen LogP contribution in [-0.4, -0.2) is 4.98 Å². The highest BCUT2D eigenvalue weighted by Crippen LogP contribution is 2.20. The number of hydrogen-bond donors (Lipinski definition) is 0. The maximum absolute atomic E-state index is 4.36. The zero-order valence-corrected chi connectivity index (χ0v) is 9.80. The first kappa shape index (κ1) is 11.2. The van der Waals surface area contributed by atoms with E-state index in [-0.39, 0.29) is 0 Å². The van der Waals surface area contributed by atoms with Crippen LogP contribution in [0.1, 0.15) is 45.4 Å². The zero-order valence-electron chi connectivity index (χ0n) is 9.80. The fourth-order valence-electron chi connectivity index (χ4n) is 1.64. The van der Waals surface area contributed by atoms with Gasteiger partial charge in [0.05, 0.1) is 0 Å². The van der Waals surface area contributed by atoms with E-state index in [0.717, 1.165) is 12.8 Å². The molecule has 1 heteroatoms. The van der Waals surface area contributed by atoms with Crippen LogP contribution in [0, 0.1) is 5.41 Å². The molecule has 1 rings (SSSR count). The normalized spacial score (nSPS) is 11.7. The summed E-state index contributed by atoms with van der Waals surface area (Å²) in [6, 6.07) is 4.37. The van der Waals surface area contributed by atoms with Gasteiger partial charge in [0.1, 0.15) is 0 Å². The van der Waals surface area contributed by atoms with Crippen LogP contribution >= 0.6 is 0 Å². The first-order chi connectivity index (χ1) is 6.51. The molecule has 0 radical (unpaired) electrons. The van der Waals surface area contributed by atoms with Crippen LogP contribution < -0.4 is 0 Å². The summed E-state index contributed by atoms with van der Waals surface area (Å²) >= 11 is 0. The fraction of sp³-hybridized carbons (Fsp3) is 0.615. The summed E-state index contributed by atoms with van der Waals surface area (Å²) in [4.78, 5) is 4.36. The summed E-state index contributed by atoms with van der Waals surface area (Å²) in [6.45, 7) is 9.00. The summed E-state index contributed by atoms with van der Waals surface area (Å²) in [5.41, 5.74) is 3.01. The Morgan fingerprint density at radius 2 is 2.00 bits per heavy atom. The summed E-state index contributed by atoms with van der Waals surface area (Å²) < 4.78 is 0. The molecule has 0 saturated heterocycles. The Kier molecular flexibility index (Phi) is 3.68. The van der Waals surface area contributed by atoms with Gasteiger partial charge in [-0.1, -0.05) is 34.1 Å². The van der Waals surface area contributed by atoms with Crippen molar-refractivity contribution in [1.29, 1.82) is 0 Å². The molecule has 0 aliphatic heterocycles. The van der Waals surface area contributed by atoms with Gasteiger partial charge < -0.3 is 0 Å². The molecule has 1 heterocycles. The van der Waals surface area contributed by atoms with Crippen LogP contribution in [0.15, 0.2) is 18.3 Å². The van der Waals surface area contributed by atoms with E-state index in [1.54, 1.807) is 0 Å². The highest BCUT2D eigenvalue weighted by molar-refractivity contribution is 5.17. The minimum absolute atomic E-state index is 0.366. The molecule has 0 saturated carbocycles. The Morgan fingerprint density at radius 1 is 1.29 bits per heavy atom. The standard InChI is InChI=1S/C13H21N/c1-5-6-12-9-11(7-8-14-12)10-13(2,3)4/h7-9H,5-6,10H2,1-4H3. The number of aryl methyl sites for hydroxylation is 1. The molecule has 0 aliphatic rings. The van der Waals surface area contributed by atoms with Gasteiger partial charge in [-0.25, -0.2) is 0 Å². The smallest absolute Gasteiger partial charge is 0.0406 e. The SMILES string of the molecule is CCCc1cc(CC(C)(C)C)ccn1. The second-order valence-electron chi connectivity index (χ2n) is 5.14. The summed E-state index contributed by atoms with van der Waals surface area (Å²) in [5.74, 6) is 0. The van der Waals surface area contributed by atoms with Gasteiger partial charge in [-0.2, -0.15) is 0 Å². The topological polar surface area (TPSA) is 12.9 Å². The molecule has 14 heavy (non-hydrogen) atoms. The van der Waals surface area contributed by atoms with Crippen LogP contribution in [0.25, 0.3) is 0 Å². The molecule has 0 amide bonds. The van der Waals surface area contributed by atoms with Gasteiger partial charge in [0.15, 0.2) is 0 Å². The quantitative estimate of drug-likeness (QED) is 0.711. The minimum Gasteiger partial charge on any atom is -0.261 e. The van der Waals surface area contributed by atoms with Gasteiger partial charge in [-0.05, 0) is 36.0 Å². The van der Waals surface area contributed by atoms with E-state index in [4.69, 9.17) is 0 Å². The first-order valence-corrected chi connectivity index (χ1v) is 5.45. The number of pyridine rings is 1. The Bertz CT molecular complexity index is 284. The molecule has 0 unspecified atom stereocenters. The van der Waals surface area contributed by atoms with Gasteiger partial charge in [-0.3, -0.25) is 4.98 Å². The number of hydrogen-bond acceptors (Lipinski definition) is 1. The maximum atomic E-state index is 4.36. The predicted octanol–water partition coefficient (Wildman–Crippen LogP) is 3.62. The van der Waals surface area contributed by atoms with Gasteiger partial charge in [0, 0.05) is 11.9 Å². The highest BCUT2D eigenvalue weighted by Gasteiger charge is 2.11. The number of rotatable bonds is 3. The monoisotopic (exact) mass is 191 g/mol. The van der Waals surface area contributed by atoms with Gasteiger partial charge in [0.25, 0.3) is 0 Å². The van der Waals surface area contributed by atoms with Crippen LogP contribution in [0.4, 0.5) is 0 Å². The van der Waals surface area contributed by atoms with E-state index in [1.807, 2.05) is 6.20 Å². The first-order valence-electron chi connectivity index (χ1n) is 5.45. The van der Waals surface area contributed by atoms with Crippen molar-refractivity contribution in [2.45, 2.75) is 47.0 Å². The molecule has 1 aromatic rings. The lowest BCUT2D eigenvalue weighted by Gasteiger charge is -2.18. The van der Waals surface area contributed by atoms with E-state index in [2.05, 4.69) is 44.8 Å².